The molecule has 0 radical (unpaired) electrons. The van der Waals surface area contributed by atoms with Gasteiger partial charge >= 0.3 is 0 Å². The molecule has 8 nitrogen and oxygen atoms in total. The summed E-state index contributed by atoms with van der Waals surface area (Å²) in [6.45, 7) is 3.48. The van der Waals surface area contributed by atoms with Gasteiger partial charge in [-0.1, -0.05) is 6.07 Å². The third-order valence-corrected chi connectivity index (χ3v) is 4.58. The van der Waals surface area contributed by atoms with Crippen molar-refractivity contribution in [3.8, 4) is 17.5 Å². The van der Waals surface area contributed by atoms with Crippen molar-refractivity contribution in [1.82, 2.24) is 9.13 Å². The number of nitrogens with zero attached hydrogens (tertiary/aromatic N) is 3. The standard InChI is InChI=1S/C18H17N5O3/c1-8-4-5-12(24)9(2)14(8)23-15-11(13(16(23)20)17(21)25)6-10(7-19)22(3)18(15)26/h4-6,24H,20H2,1-3H3,(H2,21,25). The first-order chi connectivity index (χ1) is 12.2. The number of hydrogen-bond donors (Lipinski definition) is 3. The first-order valence-corrected chi connectivity index (χ1v) is 7.74. The number of rotatable bonds is 2. The number of aromatic hydroxyl groups is 1. The fourth-order valence-electron chi connectivity index (χ4n) is 3.23. The number of pyridine rings is 1. The summed E-state index contributed by atoms with van der Waals surface area (Å²) in [5, 5.41) is 19.6. The van der Waals surface area contributed by atoms with E-state index in [0.29, 0.717) is 11.3 Å². The first-order valence-electron chi connectivity index (χ1n) is 7.74. The largest absolute Gasteiger partial charge is 0.508 e. The van der Waals surface area contributed by atoms with Crippen LogP contribution in [0.5, 0.6) is 5.75 Å². The maximum atomic E-state index is 12.9. The van der Waals surface area contributed by atoms with Crippen molar-refractivity contribution in [2.24, 2.45) is 12.8 Å². The summed E-state index contributed by atoms with van der Waals surface area (Å²) in [5.41, 5.74) is 13.1. The van der Waals surface area contributed by atoms with E-state index < -0.39 is 11.5 Å². The molecule has 1 amide bonds. The second-order valence-electron chi connectivity index (χ2n) is 6.10. The Morgan fingerprint density at radius 3 is 2.54 bits per heavy atom. The molecule has 0 aliphatic rings. The number of anilines is 1. The Hall–Kier alpha value is -3.73. The van der Waals surface area contributed by atoms with Crippen molar-refractivity contribution in [1.29, 1.82) is 5.26 Å². The number of primary amides is 1. The third kappa shape index (κ3) is 2.14. The Morgan fingerprint density at radius 1 is 1.31 bits per heavy atom. The van der Waals surface area contributed by atoms with E-state index in [2.05, 4.69) is 0 Å². The Kier molecular flexibility index (Phi) is 3.73. The fraction of sp³-hybridized carbons (Fsp3) is 0.167. The highest BCUT2D eigenvalue weighted by Gasteiger charge is 2.26. The smallest absolute Gasteiger partial charge is 0.276 e. The van der Waals surface area contributed by atoms with Gasteiger partial charge < -0.3 is 21.1 Å². The number of amides is 1. The number of nitrogen functional groups attached to an aromatic ring is 1. The summed E-state index contributed by atoms with van der Waals surface area (Å²) in [5.74, 6) is -0.798. The highest BCUT2D eigenvalue weighted by atomic mass is 16.3. The van der Waals surface area contributed by atoms with Gasteiger partial charge in [0.2, 0.25) is 0 Å². The Balaban J connectivity index is 2.66. The number of phenolic OH excluding ortho intramolecular Hbond substituents is 1. The number of phenols is 1. The summed E-state index contributed by atoms with van der Waals surface area (Å²) in [6.07, 6.45) is 0. The van der Waals surface area contributed by atoms with Crippen molar-refractivity contribution >= 4 is 22.6 Å². The lowest BCUT2D eigenvalue weighted by molar-refractivity contribution is 0.100. The molecule has 3 rings (SSSR count). The predicted molar refractivity (Wildman–Crippen MR) is 97.3 cm³/mol. The van der Waals surface area contributed by atoms with Gasteiger partial charge in [-0.25, -0.2) is 0 Å². The van der Waals surface area contributed by atoms with E-state index in [0.717, 1.165) is 5.56 Å². The monoisotopic (exact) mass is 351 g/mol. The topological polar surface area (TPSA) is 140 Å². The molecule has 8 heteroatoms. The SMILES string of the molecule is Cc1ccc(O)c(C)c1-n1c(N)c(C(N)=O)c2cc(C#N)n(C)c(=O)c21. The van der Waals surface area contributed by atoms with E-state index in [-0.39, 0.29) is 33.7 Å². The maximum Gasteiger partial charge on any atom is 0.276 e. The molecule has 0 unspecified atom stereocenters. The summed E-state index contributed by atoms with van der Waals surface area (Å²) >= 11 is 0. The maximum absolute atomic E-state index is 12.9. The zero-order valence-corrected chi connectivity index (χ0v) is 14.5. The average Bonchev–Trinajstić information content (AvgIpc) is 2.87. The van der Waals surface area contributed by atoms with Gasteiger partial charge in [0.15, 0.2) is 0 Å². The van der Waals surface area contributed by atoms with Crippen LogP contribution < -0.4 is 17.0 Å². The quantitative estimate of drug-likeness (QED) is 0.636. The lowest BCUT2D eigenvalue weighted by Gasteiger charge is -2.15. The van der Waals surface area contributed by atoms with E-state index in [1.54, 1.807) is 19.9 Å². The van der Waals surface area contributed by atoms with E-state index in [1.165, 1.54) is 28.3 Å². The summed E-state index contributed by atoms with van der Waals surface area (Å²) in [6, 6.07) is 6.55. The molecule has 0 fully saturated rings. The normalized spacial score (nSPS) is 10.8. The zero-order valence-electron chi connectivity index (χ0n) is 14.5. The molecule has 26 heavy (non-hydrogen) atoms. The molecule has 0 saturated heterocycles. The van der Waals surface area contributed by atoms with E-state index in [1.807, 2.05) is 6.07 Å². The van der Waals surface area contributed by atoms with Gasteiger partial charge in [-0.15, -0.1) is 0 Å². The number of carbonyl (C=O) groups excluding carboxylic acids is 1. The van der Waals surface area contributed by atoms with E-state index in [9.17, 15) is 20.0 Å². The molecular weight excluding hydrogens is 334 g/mol. The summed E-state index contributed by atoms with van der Waals surface area (Å²) in [4.78, 5) is 24.9. The molecule has 0 atom stereocenters. The molecule has 3 aromatic rings. The van der Waals surface area contributed by atoms with Crippen LogP contribution in [0.1, 0.15) is 27.2 Å². The van der Waals surface area contributed by atoms with Crippen LogP contribution in [0.15, 0.2) is 23.0 Å². The number of nitriles is 1. The third-order valence-electron chi connectivity index (χ3n) is 4.58. The molecule has 0 saturated carbocycles. The van der Waals surface area contributed by atoms with Crippen LogP contribution in [0.3, 0.4) is 0 Å². The van der Waals surface area contributed by atoms with Crippen LogP contribution in [0, 0.1) is 25.2 Å². The average molecular weight is 351 g/mol. The van der Waals surface area contributed by atoms with Crippen LogP contribution in [0.4, 0.5) is 5.82 Å². The first kappa shape index (κ1) is 17.1. The van der Waals surface area contributed by atoms with Crippen LogP contribution in [-0.2, 0) is 7.05 Å². The molecule has 2 heterocycles. The minimum absolute atomic E-state index is 0.0171. The second kappa shape index (κ2) is 5.67. The van der Waals surface area contributed by atoms with Crippen molar-refractivity contribution in [2.45, 2.75) is 13.8 Å². The van der Waals surface area contributed by atoms with Gasteiger partial charge in [-0.2, -0.15) is 5.26 Å². The number of fused-ring (bicyclic) bond motifs is 1. The van der Waals surface area contributed by atoms with Crippen molar-refractivity contribution < 1.29 is 9.90 Å². The number of aryl methyl sites for hydroxylation is 1. The van der Waals surface area contributed by atoms with Crippen LogP contribution in [0.25, 0.3) is 16.6 Å². The van der Waals surface area contributed by atoms with Crippen molar-refractivity contribution in [2.75, 3.05) is 5.73 Å². The lowest BCUT2D eigenvalue weighted by atomic mass is 10.1. The number of nitrogens with two attached hydrogens (primary N) is 2. The highest BCUT2D eigenvalue weighted by Crippen LogP contribution is 2.35. The fourth-order valence-corrected chi connectivity index (χ4v) is 3.23. The lowest BCUT2D eigenvalue weighted by Crippen LogP contribution is -2.21. The highest BCUT2D eigenvalue weighted by molar-refractivity contribution is 6.11. The Labute approximate surface area is 148 Å². The van der Waals surface area contributed by atoms with Crippen molar-refractivity contribution in [3.05, 3.63) is 50.9 Å². The van der Waals surface area contributed by atoms with Crippen LogP contribution >= 0.6 is 0 Å². The number of hydrogen-bond acceptors (Lipinski definition) is 5. The molecular formula is C18H17N5O3. The van der Waals surface area contributed by atoms with E-state index in [4.69, 9.17) is 11.5 Å². The number of carbonyl (C=O) groups is 1. The molecule has 0 spiro atoms. The summed E-state index contributed by atoms with van der Waals surface area (Å²) < 4.78 is 2.60. The van der Waals surface area contributed by atoms with Crippen molar-refractivity contribution in [3.63, 3.8) is 0 Å². The van der Waals surface area contributed by atoms with Gasteiger partial charge in [-0.05, 0) is 31.5 Å². The second-order valence-corrected chi connectivity index (χ2v) is 6.10. The molecule has 0 aliphatic carbocycles. The summed E-state index contributed by atoms with van der Waals surface area (Å²) in [7, 11) is 1.46. The van der Waals surface area contributed by atoms with E-state index >= 15 is 0 Å². The van der Waals surface area contributed by atoms with Gasteiger partial charge in [0.05, 0.1) is 11.3 Å². The molecule has 2 aromatic heterocycles. The number of aromatic nitrogens is 2. The predicted octanol–water partition coefficient (Wildman–Crippen LogP) is 1.20. The Morgan fingerprint density at radius 2 is 1.96 bits per heavy atom. The van der Waals surface area contributed by atoms with Gasteiger partial charge in [0, 0.05) is 18.0 Å². The number of benzene rings is 1. The molecule has 132 valence electrons. The van der Waals surface area contributed by atoms with Crippen LogP contribution in [0.2, 0.25) is 0 Å². The van der Waals surface area contributed by atoms with Gasteiger partial charge in [0.1, 0.15) is 28.8 Å². The van der Waals surface area contributed by atoms with Crippen LogP contribution in [-0.4, -0.2) is 20.1 Å². The Bertz CT molecular complexity index is 1190. The molecule has 1 aromatic carbocycles. The van der Waals surface area contributed by atoms with Gasteiger partial charge in [-0.3, -0.25) is 14.2 Å². The molecule has 5 N–H and O–H groups in total. The minimum Gasteiger partial charge on any atom is -0.508 e. The molecule has 0 bridgehead atoms. The van der Waals surface area contributed by atoms with Gasteiger partial charge in [0.25, 0.3) is 11.5 Å². The zero-order chi connectivity index (χ0) is 19.3. The minimum atomic E-state index is -0.807. The molecule has 0 aliphatic heterocycles.